The fourth-order valence-corrected chi connectivity index (χ4v) is 1.92. The lowest BCUT2D eigenvalue weighted by Gasteiger charge is -2.10. The van der Waals surface area contributed by atoms with Gasteiger partial charge in [-0.1, -0.05) is 11.6 Å². The summed E-state index contributed by atoms with van der Waals surface area (Å²) in [6.45, 7) is 2.20. The minimum Gasteiger partial charge on any atom is -0.491 e. The van der Waals surface area contributed by atoms with Crippen molar-refractivity contribution in [3.63, 3.8) is 0 Å². The minimum absolute atomic E-state index is 0.212. The van der Waals surface area contributed by atoms with Gasteiger partial charge >= 0.3 is 0 Å². The fourth-order valence-electron chi connectivity index (χ4n) is 1.69. The van der Waals surface area contributed by atoms with Gasteiger partial charge in [0.2, 0.25) is 0 Å². The average Bonchev–Trinajstić information content (AvgIpc) is 2.44. The lowest BCUT2D eigenvalue weighted by Crippen LogP contribution is -1.97. The molecule has 0 aliphatic heterocycles. The third-order valence-electron chi connectivity index (χ3n) is 2.61. The van der Waals surface area contributed by atoms with Crippen LogP contribution in [-0.4, -0.2) is 6.61 Å². The average molecular weight is 291 g/mol. The Bertz CT molecular complexity index is 667. The maximum atomic E-state index is 13.7. The predicted octanol–water partition coefficient (Wildman–Crippen LogP) is 4.49. The number of rotatable bonds is 4. The van der Waals surface area contributed by atoms with Gasteiger partial charge in [0.25, 0.3) is 0 Å². The highest BCUT2D eigenvalue weighted by atomic mass is 35.5. The van der Waals surface area contributed by atoms with Crippen molar-refractivity contribution < 1.29 is 9.13 Å². The molecule has 0 spiro atoms. The van der Waals surface area contributed by atoms with E-state index in [4.69, 9.17) is 21.6 Å². The predicted molar refractivity (Wildman–Crippen MR) is 77.0 cm³/mol. The van der Waals surface area contributed by atoms with Crippen LogP contribution in [0.3, 0.4) is 0 Å². The molecule has 2 aromatic carbocycles. The van der Waals surface area contributed by atoms with Gasteiger partial charge in [0.15, 0.2) is 11.6 Å². The normalized spacial score (nSPS) is 9.90. The van der Waals surface area contributed by atoms with E-state index in [1.54, 1.807) is 37.3 Å². The molecule has 0 atom stereocenters. The Kier molecular flexibility index (Phi) is 4.44. The number of benzene rings is 2. The first-order chi connectivity index (χ1) is 9.63. The van der Waals surface area contributed by atoms with Crippen LogP contribution in [0, 0.1) is 17.1 Å². The second kappa shape index (κ2) is 6.27. The highest BCUT2D eigenvalue weighted by molar-refractivity contribution is 6.33. The Balaban J connectivity index is 2.22. The van der Waals surface area contributed by atoms with Gasteiger partial charge in [-0.3, -0.25) is 0 Å². The molecule has 0 saturated carbocycles. The number of hydrogen-bond donors (Lipinski definition) is 1. The van der Waals surface area contributed by atoms with Crippen LogP contribution in [0.25, 0.3) is 0 Å². The number of nitrogens with one attached hydrogen (secondary N) is 1. The van der Waals surface area contributed by atoms with Crippen LogP contribution >= 0.6 is 11.6 Å². The molecule has 0 amide bonds. The Hall–Kier alpha value is -2.25. The molecule has 2 aromatic rings. The molecule has 0 saturated heterocycles. The number of nitriles is 1. The van der Waals surface area contributed by atoms with Gasteiger partial charge in [-0.05, 0) is 37.3 Å². The molecule has 102 valence electrons. The van der Waals surface area contributed by atoms with E-state index in [9.17, 15) is 4.39 Å². The first-order valence-electron chi connectivity index (χ1n) is 6.03. The van der Waals surface area contributed by atoms with Gasteiger partial charge in [-0.15, -0.1) is 0 Å². The smallest absolute Gasteiger partial charge is 0.167 e. The molecule has 20 heavy (non-hydrogen) atoms. The lowest BCUT2D eigenvalue weighted by molar-refractivity contribution is 0.321. The van der Waals surface area contributed by atoms with E-state index in [-0.39, 0.29) is 5.75 Å². The third kappa shape index (κ3) is 3.19. The van der Waals surface area contributed by atoms with E-state index in [1.807, 2.05) is 6.07 Å². The molecule has 1 N–H and O–H groups in total. The maximum absolute atomic E-state index is 13.7. The first kappa shape index (κ1) is 14.2. The highest BCUT2D eigenvalue weighted by Crippen LogP contribution is 2.28. The summed E-state index contributed by atoms with van der Waals surface area (Å²) in [6, 6.07) is 11.4. The van der Waals surface area contributed by atoms with E-state index < -0.39 is 5.82 Å². The molecule has 0 heterocycles. The SMILES string of the molecule is CCOc1ccc(Nc2ccc(C#N)cc2Cl)cc1F. The van der Waals surface area contributed by atoms with Gasteiger partial charge in [0, 0.05) is 11.8 Å². The van der Waals surface area contributed by atoms with Crippen molar-refractivity contribution in [2.75, 3.05) is 11.9 Å². The first-order valence-corrected chi connectivity index (χ1v) is 6.41. The summed E-state index contributed by atoms with van der Waals surface area (Å²) in [7, 11) is 0. The molecule has 0 aliphatic rings. The molecule has 2 rings (SSSR count). The van der Waals surface area contributed by atoms with Crippen molar-refractivity contribution in [1.29, 1.82) is 5.26 Å². The summed E-state index contributed by atoms with van der Waals surface area (Å²) in [6.07, 6.45) is 0. The molecule has 0 radical (unpaired) electrons. The van der Waals surface area contributed by atoms with Gasteiger partial charge in [-0.25, -0.2) is 4.39 Å². The van der Waals surface area contributed by atoms with E-state index in [1.165, 1.54) is 6.07 Å². The summed E-state index contributed by atoms with van der Waals surface area (Å²) in [4.78, 5) is 0. The molecule has 0 aromatic heterocycles. The lowest BCUT2D eigenvalue weighted by atomic mass is 10.2. The van der Waals surface area contributed by atoms with Crippen molar-refractivity contribution >= 4 is 23.0 Å². The summed E-state index contributed by atoms with van der Waals surface area (Å²) in [5.41, 5.74) is 1.63. The number of anilines is 2. The van der Waals surface area contributed by atoms with Crippen molar-refractivity contribution in [2.45, 2.75) is 6.92 Å². The number of ether oxygens (including phenoxy) is 1. The van der Waals surface area contributed by atoms with Crippen LogP contribution in [0.15, 0.2) is 36.4 Å². The molecule has 0 fully saturated rings. The Morgan fingerprint density at radius 1 is 1.30 bits per heavy atom. The van der Waals surface area contributed by atoms with Crippen LogP contribution in [0.5, 0.6) is 5.75 Å². The maximum Gasteiger partial charge on any atom is 0.167 e. The number of hydrogen-bond acceptors (Lipinski definition) is 3. The van der Waals surface area contributed by atoms with Crippen LogP contribution in [0.4, 0.5) is 15.8 Å². The number of halogens is 2. The third-order valence-corrected chi connectivity index (χ3v) is 2.92. The largest absolute Gasteiger partial charge is 0.491 e. The zero-order valence-electron chi connectivity index (χ0n) is 10.8. The molecule has 5 heteroatoms. The summed E-state index contributed by atoms with van der Waals surface area (Å²) < 4.78 is 18.8. The summed E-state index contributed by atoms with van der Waals surface area (Å²) >= 11 is 6.05. The second-order valence-corrected chi connectivity index (χ2v) is 4.42. The van der Waals surface area contributed by atoms with Crippen LogP contribution < -0.4 is 10.1 Å². The van der Waals surface area contributed by atoms with Gasteiger partial charge < -0.3 is 10.1 Å². The van der Waals surface area contributed by atoms with E-state index in [2.05, 4.69) is 5.32 Å². The topological polar surface area (TPSA) is 45.0 Å². The summed E-state index contributed by atoms with van der Waals surface area (Å²) in [5.74, 6) is -0.231. The van der Waals surface area contributed by atoms with E-state index in [0.717, 1.165) is 0 Å². The van der Waals surface area contributed by atoms with E-state index in [0.29, 0.717) is 28.6 Å². The van der Waals surface area contributed by atoms with Gasteiger partial charge in [-0.2, -0.15) is 5.26 Å². The Morgan fingerprint density at radius 3 is 2.70 bits per heavy atom. The highest BCUT2D eigenvalue weighted by Gasteiger charge is 2.06. The van der Waals surface area contributed by atoms with Crippen molar-refractivity contribution in [3.8, 4) is 11.8 Å². The molecular formula is C15H12ClFN2O. The van der Waals surface area contributed by atoms with Crippen molar-refractivity contribution in [2.24, 2.45) is 0 Å². The van der Waals surface area contributed by atoms with E-state index >= 15 is 0 Å². The van der Waals surface area contributed by atoms with Crippen LogP contribution in [0.1, 0.15) is 12.5 Å². The second-order valence-electron chi connectivity index (χ2n) is 4.01. The van der Waals surface area contributed by atoms with Crippen LogP contribution in [0.2, 0.25) is 5.02 Å². The molecule has 0 bridgehead atoms. The zero-order valence-corrected chi connectivity index (χ0v) is 11.5. The Labute approximate surface area is 121 Å². The van der Waals surface area contributed by atoms with Crippen molar-refractivity contribution in [1.82, 2.24) is 0 Å². The minimum atomic E-state index is -0.443. The van der Waals surface area contributed by atoms with Gasteiger partial charge in [0.1, 0.15) is 0 Å². The molecule has 0 aliphatic carbocycles. The Morgan fingerprint density at radius 2 is 2.10 bits per heavy atom. The molecular weight excluding hydrogens is 279 g/mol. The molecule has 3 nitrogen and oxygen atoms in total. The fraction of sp³-hybridized carbons (Fsp3) is 0.133. The zero-order chi connectivity index (χ0) is 14.5. The van der Waals surface area contributed by atoms with Crippen molar-refractivity contribution in [3.05, 3.63) is 52.8 Å². The monoisotopic (exact) mass is 290 g/mol. The standard InChI is InChI=1S/C15H12ClFN2O/c1-2-20-15-6-4-11(8-13(15)17)19-14-5-3-10(9-18)7-12(14)16/h3-8,19H,2H2,1H3. The quantitative estimate of drug-likeness (QED) is 0.902. The number of nitrogens with zero attached hydrogens (tertiary/aromatic N) is 1. The van der Waals surface area contributed by atoms with Crippen LogP contribution in [-0.2, 0) is 0 Å². The molecule has 0 unspecified atom stereocenters. The van der Waals surface area contributed by atoms with Gasteiger partial charge in [0.05, 0.1) is 28.9 Å². The summed E-state index contributed by atoms with van der Waals surface area (Å²) in [5, 5.41) is 12.2.